The number of aromatic nitrogens is 1. The highest BCUT2D eigenvalue weighted by molar-refractivity contribution is 5.82. The first-order valence-corrected chi connectivity index (χ1v) is 8.17. The predicted octanol–water partition coefficient (Wildman–Crippen LogP) is 4.17. The number of rotatable bonds is 7. The molecule has 0 aliphatic carbocycles. The van der Waals surface area contributed by atoms with Crippen molar-refractivity contribution in [1.29, 1.82) is 0 Å². The van der Waals surface area contributed by atoms with Crippen LogP contribution in [0.15, 0.2) is 60.8 Å². The Bertz CT molecular complexity index is 808. The first-order chi connectivity index (χ1) is 11.8. The molecular weight excluding hydrogens is 302 g/mol. The maximum atomic E-state index is 11.5. The quantitative estimate of drug-likeness (QED) is 0.613. The van der Waals surface area contributed by atoms with Gasteiger partial charge in [0.2, 0.25) is 0 Å². The van der Waals surface area contributed by atoms with Crippen LogP contribution in [0.5, 0.6) is 5.75 Å². The number of ether oxygens (including phenoxy) is 2. The van der Waals surface area contributed by atoms with Crippen molar-refractivity contribution < 1.29 is 14.3 Å². The molecule has 1 aromatic heterocycles. The van der Waals surface area contributed by atoms with Gasteiger partial charge in [0.15, 0.2) is 0 Å². The molecule has 0 unspecified atom stereocenters. The molecule has 24 heavy (non-hydrogen) atoms. The number of carbonyl (C=O) groups is 1. The van der Waals surface area contributed by atoms with Crippen LogP contribution in [0.4, 0.5) is 0 Å². The van der Waals surface area contributed by atoms with E-state index in [4.69, 9.17) is 9.47 Å². The lowest BCUT2D eigenvalue weighted by atomic mass is 10.2. The van der Waals surface area contributed by atoms with E-state index in [0.29, 0.717) is 26.2 Å². The number of carbonyl (C=O) groups excluding carboxylic acids is 1. The van der Waals surface area contributed by atoms with E-state index in [0.717, 1.165) is 22.2 Å². The average Bonchev–Trinajstić information content (AvgIpc) is 3.02. The summed E-state index contributed by atoms with van der Waals surface area (Å²) >= 11 is 0. The van der Waals surface area contributed by atoms with Crippen LogP contribution in [0.2, 0.25) is 0 Å². The van der Waals surface area contributed by atoms with Gasteiger partial charge in [0.05, 0.1) is 13.0 Å². The van der Waals surface area contributed by atoms with E-state index < -0.39 is 0 Å². The third-order valence-electron chi connectivity index (χ3n) is 3.85. The summed E-state index contributed by atoms with van der Waals surface area (Å²) in [6.07, 6.45) is 2.37. The topological polar surface area (TPSA) is 40.5 Å². The standard InChI is InChI=1S/C20H21NO3/c1-2-23-20(22)11-13-21-12-10-17-14-18(8-9-19(17)21)24-15-16-6-4-3-5-7-16/h3-10,12,14H,2,11,13,15H2,1H3. The van der Waals surface area contributed by atoms with Crippen molar-refractivity contribution in [3.05, 3.63) is 66.4 Å². The number of fused-ring (bicyclic) bond motifs is 1. The van der Waals surface area contributed by atoms with Crippen LogP contribution in [0.25, 0.3) is 10.9 Å². The van der Waals surface area contributed by atoms with Crippen molar-refractivity contribution >= 4 is 16.9 Å². The van der Waals surface area contributed by atoms with E-state index in [1.165, 1.54) is 0 Å². The van der Waals surface area contributed by atoms with Crippen molar-refractivity contribution in [2.75, 3.05) is 6.61 Å². The minimum absolute atomic E-state index is 0.165. The van der Waals surface area contributed by atoms with Crippen molar-refractivity contribution in [2.45, 2.75) is 26.5 Å². The van der Waals surface area contributed by atoms with E-state index in [1.54, 1.807) is 0 Å². The molecule has 0 aliphatic rings. The van der Waals surface area contributed by atoms with Crippen LogP contribution in [-0.2, 0) is 22.7 Å². The molecule has 0 atom stereocenters. The smallest absolute Gasteiger partial charge is 0.307 e. The summed E-state index contributed by atoms with van der Waals surface area (Å²) < 4.78 is 12.9. The molecule has 0 N–H and O–H groups in total. The molecule has 0 radical (unpaired) electrons. The van der Waals surface area contributed by atoms with Crippen LogP contribution >= 0.6 is 0 Å². The summed E-state index contributed by atoms with van der Waals surface area (Å²) in [6.45, 7) is 3.41. The summed E-state index contributed by atoms with van der Waals surface area (Å²) in [5, 5.41) is 1.10. The van der Waals surface area contributed by atoms with Crippen LogP contribution in [0.3, 0.4) is 0 Å². The lowest BCUT2D eigenvalue weighted by Crippen LogP contribution is -2.08. The van der Waals surface area contributed by atoms with Crippen LogP contribution < -0.4 is 4.74 Å². The minimum Gasteiger partial charge on any atom is -0.489 e. The molecule has 0 fully saturated rings. The lowest BCUT2D eigenvalue weighted by Gasteiger charge is -2.08. The molecular formula is C20H21NO3. The Morgan fingerprint density at radius 2 is 1.92 bits per heavy atom. The average molecular weight is 323 g/mol. The number of benzene rings is 2. The van der Waals surface area contributed by atoms with E-state index in [9.17, 15) is 4.79 Å². The van der Waals surface area contributed by atoms with Crippen molar-refractivity contribution in [3.63, 3.8) is 0 Å². The molecule has 0 amide bonds. The summed E-state index contributed by atoms with van der Waals surface area (Å²) in [7, 11) is 0. The molecule has 4 heteroatoms. The highest BCUT2D eigenvalue weighted by Crippen LogP contribution is 2.23. The van der Waals surface area contributed by atoms with Crippen molar-refractivity contribution in [2.24, 2.45) is 0 Å². The molecule has 0 saturated carbocycles. The number of aryl methyl sites for hydroxylation is 1. The molecule has 124 valence electrons. The maximum absolute atomic E-state index is 11.5. The fourth-order valence-corrected chi connectivity index (χ4v) is 2.65. The molecule has 0 spiro atoms. The molecule has 0 aliphatic heterocycles. The monoisotopic (exact) mass is 323 g/mol. The second-order valence-electron chi connectivity index (χ2n) is 5.56. The minimum atomic E-state index is -0.165. The summed E-state index contributed by atoms with van der Waals surface area (Å²) in [5.41, 5.74) is 2.23. The zero-order chi connectivity index (χ0) is 16.8. The second-order valence-corrected chi connectivity index (χ2v) is 5.56. The fraction of sp³-hybridized carbons (Fsp3) is 0.250. The Kier molecular flexibility index (Phi) is 5.16. The van der Waals surface area contributed by atoms with Gasteiger partial charge in [0.1, 0.15) is 12.4 Å². The first-order valence-electron chi connectivity index (χ1n) is 8.17. The third kappa shape index (κ3) is 3.96. The first kappa shape index (κ1) is 16.1. The Balaban J connectivity index is 1.65. The number of esters is 1. The van der Waals surface area contributed by atoms with Crippen LogP contribution in [0, 0.1) is 0 Å². The van der Waals surface area contributed by atoms with Gasteiger partial charge in [-0.2, -0.15) is 0 Å². The van der Waals surface area contributed by atoms with Crippen LogP contribution in [-0.4, -0.2) is 17.1 Å². The highest BCUT2D eigenvalue weighted by Gasteiger charge is 2.06. The predicted molar refractivity (Wildman–Crippen MR) is 94.0 cm³/mol. The van der Waals surface area contributed by atoms with Gasteiger partial charge in [-0.25, -0.2) is 0 Å². The maximum Gasteiger partial charge on any atom is 0.307 e. The molecule has 4 nitrogen and oxygen atoms in total. The van der Waals surface area contributed by atoms with Crippen molar-refractivity contribution in [1.82, 2.24) is 4.57 Å². The number of hydrogen-bond acceptors (Lipinski definition) is 3. The third-order valence-corrected chi connectivity index (χ3v) is 3.85. The Morgan fingerprint density at radius 3 is 2.71 bits per heavy atom. The Hall–Kier alpha value is -2.75. The molecule has 0 bridgehead atoms. The van der Waals surface area contributed by atoms with Gasteiger partial charge in [0, 0.05) is 23.6 Å². The highest BCUT2D eigenvalue weighted by atomic mass is 16.5. The number of nitrogens with zero attached hydrogens (tertiary/aromatic N) is 1. The van der Waals surface area contributed by atoms with Gasteiger partial charge in [-0.3, -0.25) is 4.79 Å². The van der Waals surface area contributed by atoms with Gasteiger partial charge in [-0.1, -0.05) is 30.3 Å². The fourth-order valence-electron chi connectivity index (χ4n) is 2.65. The molecule has 3 aromatic rings. The summed E-state index contributed by atoms with van der Waals surface area (Å²) in [6, 6.07) is 18.2. The lowest BCUT2D eigenvalue weighted by molar-refractivity contribution is -0.143. The molecule has 0 saturated heterocycles. The van der Waals surface area contributed by atoms with Crippen LogP contribution in [0.1, 0.15) is 18.9 Å². The van der Waals surface area contributed by atoms with E-state index in [-0.39, 0.29) is 5.97 Å². The van der Waals surface area contributed by atoms with Gasteiger partial charge >= 0.3 is 5.97 Å². The van der Waals surface area contributed by atoms with Gasteiger partial charge < -0.3 is 14.0 Å². The zero-order valence-corrected chi connectivity index (χ0v) is 13.8. The van der Waals surface area contributed by atoms with Crippen molar-refractivity contribution in [3.8, 4) is 5.75 Å². The Morgan fingerprint density at radius 1 is 1.08 bits per heavy atom. The SMILES string of the molecule is CCOC(=O)CCn1ccc2cc(OCc3ccccc3)ccc21. The van der Waals surface area contributed by atoms with Gasteiger partial charge in [0.25, 0.3) is 0 Å². The van der Waals surface area contributed by atoms with Gasteiger partial charge in [-0.15, -0.1) is 0 Å². The second kappa shape index (κ2) is 7.68. The van der Waals surface area contributed by atoms with Gasteiger partial charge in [-0.05, 0) is 36.8 Å². The zero-order valence-electron chi connectivity index (χ0n) is 13.8. The largest absolute Gasteiger partial charge is 0.489 e. The molecule has 1 heterocycles. The number of hydrogen-bond donors (Lipinski definition) is 0. The molecule has 3 rings (SSSR count). The van der Waals surface area contributed by atoms with E-state index >= 15 is 0 Å². The summed E-state index contributed by atoms with van der Waals surface area (Å²) in [4.78, 5) is 11.5. The normalized spacial score (nSPS) is 10.7. The summed E-state index contributed by atoms with van der Waals surface area (Å²) in [5.74, 6) is 0.677. The Labute approximate surface area is 141 Å². The van der Waals surface area contributed by atoms with E-state index in [1.807, 2.05) is 67.7 Å². The van der Waals surface area contributed by atoms with E-state index in [2.05, 4.69) is 4.57 Å². The molecule has 2 aromatic carbocycles.